The molecule has 0 saturated carbocycles. The van der Waals surface area contributed by atoms with Gasteiger partial charge in [0.25, 0.3) is 6.43 Å². The Kier molecular flexibility index (Phi) is 4.40. The van der Waals surface area contributed by atoms with E-state index < -0.39 is 6.43 Å². The smallest absolute Gasteiger partial charge is 0.263 e. The van der Waals surface area contributed by atoms with Gasteiger partial charge in [-0.15, -0.1) is 0 Å². The Hall–Kier alpha value is -1.45. The molecule has 0 aliphatic rings. The topological polar surface area (TPSA) is 26.3 Å². The molecule has 1 atom stereocenters. The number of carbonyl (C=O) groups is 1. The monoisotopic (exact) mass is 228 g/mol. The fraction of sp³-hybridized carbons (Fsp3) is 0.417. The van der Waals surface area contributed by atoms with Gasteiger partial charge in [0.1, 0.15) is 12.0 Å². The predicted octanol–water partition coefficient (Wildman–Crippen LogP) is 3.33. The SMILES string of the molecule is COc1ccc(C(F)F)cc1C(C)CC=O. The summed E-state index contributed by atoms with van der Waals surface area (Å²) in [6, 6.07) is 4.25. The molecule has 16 heavy (non-hydrogen) atoms. The summed E-state index contributed by atoms with van der Waals surface area (Å²) in [5.74, 6) is 0.421. The van der Waals surface area contributed by atoms with Gasteiger partial charge >= 0.3 is 0 Å². The number of hydrogen-bond donors (Lipinski definition) is 0. The summed E-state index contributed by atoms with van der Waals surface area (Å²) in [7, 11) is 1.48. The van der Waals surface area contributed by atoms with Crippen LogP contribution in [0.25, 0.3) is 0 Å². The fourth-order valence-corrected chi connectivity index (χ4v) is 1.54. The number of ether oxygens (including phenoxy) is 1. The second-order valence-corrected chi connectivity index (χ2v) is 3.61. The number of alkyl halides is 2. The van der Waals surface area contributed by atoms with Crippen LogP contribution in [0.4, 0.5) is 8.78 Å². The Morgan fingerprint density at radius 3 is 2.62 bits per heavy atom. The molecule has 0 radical (unpaired) electrons. The van der Waals surface area contributed by atoms with Gasteiger partial charge in [-0.05, 0) is 29.7 Å². The number of rotatable bonds is 5. The lowest BCUT2D eigenvalue weighted by atomic mass is 9.95. The zero-order valence-electron chi connectivity index (χ0n) is 9.24. The van der Waals surface area contributed by atoms with Gasteiger partial charge in [0.15, 0.2) is 0 Å². The minimum atomic E-state index is -2.51. The summed E-state index contributed by atoms with van der Waals surface area (Å²) >= 11 is 0. The molecule has 0 heterocycles. The lowest BCUT2D eigenvalue weighted by molar-refractivity contribution is -0.108. The standard InChI is InChI=1S/C12H14F2O2/c1-8(5-6-15)10-7-9(12(13)14)3-4-11(10)16-2/h3-4,6-8,12H,5H2,1-2H3. The molecule has 2 nitrogen and oxygen atoms in total. The van der Waals surface area contributed by atoms with Crippen LogP contribution in [-0.2, 0) is 4.79 Å². The summed E-state index contributed by atoms with van der Waals surface area (Å²) < 4.78 is 30.1. The van der Waals surface area contributed by atoms with Gasteiger partial charge in [0.05, 0.1) is 7.11 Å². The van der Waals surface area contributed by atoms with E-state index in [1.54, 1.807) is 0 Å². The van der Waals surface area contributed by atoms with Crippen molar-refractivity contribution in [2.24, 2.45) is 0 Å². The van der Waals surface area contributed by atoms with Gasteiger partial charge < -0.3 is 9.53 Å². The molecule has 0 bridgehead atoms. The van der Waals surface area contributed by atoms with Crippen LogP contribution in [0.1, 0.15) is 36.8 Å². The Labute approximate surface area is 93.2 Å². The van der Waals surface area contributed by atoms with Gasteiger partial charge in [-0.1, -0.05) is 6.92 Å². The van der Waals surface area contributed by atoms with E-state index in [1.807, 2.05) is 6.92 Å². The maximum absolute atomic E-state index is 12.5. The van der Waals surface area contributed by atoms with Crippen molar-refractivity contribution >= 4 is 6.29 Å². The van der Waals surface area contributed by atoms with E-state index in [-0.39, 0.29) is 11.5 Å². The average Bonchev–Trinajstić information content (AvgIpc) is 2.28. The molecule has 0 aliphatic carbocycles. The van der Waals surface area contributed by atoms with Crippen LogP contribution in [0.3, 0.4) is 0 Å². The zero-order chi connectivity index (χ0) is 12.1. The third-order valence-corrected chi connectivity index (χ3v) is 2.49. The van der Waals surface area contributed by atoms with Crippen LogP contribution in [0.15, 0.2) is 18.2 Å². The molecule has 4 heteroatoms. The van der Waals surface area contributed by atoms with E-state index in [0.29, 0.717) is 17.7 Å². The van der Waals surface area contributed by atoms with Gasteiger partial charge in [-0.2, -0.15) is 0 Å². The number of carbonyl (C=O) groups excluding carboxylic acids is 1. The van der Waals surface area contributed by atoms with Gasteiger partial charge in [0, 0.05) is 12.0 Å². The number of halogens is 2. The highest BCUT2D eigenvalue weighted by atomic mass is 19.3. The molecule has 0 N–H and O–H groups in total. The Morgan fingerprint density at radius 1 is 1.44 bits per heavy atom. The highest BCUT2D eigenvalue weighted by Crippen LogP contribution is 2.32. The molecule has 0 saturated heterocycles. The van der Waals surface area contributed by atoms with Crippen molar-refractivity contribution in [2.45, 2.75) is 25.7 Å². The van der Waals surface area contributed by atoms with Crippen LogP contribution >= 0.6 is 0 Å². The molecule has 0 aliphatic heterocycles. The first-order chi connectivity index (χ1) is 7.60. The number of aldehydes is 1. The highest BCUT2D eigenvalue weighted by Gasteiger charge is 2.15. The van der Waals surface area contributed by atoms with Gasteiger partial charge in [-0.3, -0.25) is 0 Å². The maximum Gasteiger partial charge on any atom is 0.263 e. The molecule has 0 aromatic heterocycles. The first-order valence-corrected chi connectivity index (χ1v) is 4.99. The number of benzene rings is 1. The summed E-state index contributed by atoms with van der Waals surface area (Å²) in [5, 5.41) is 0. The maximum atomic E-state index is 12.5. The first-order valence-electron chi connectivity index (χ1n) is 4.99. The lowest BCUT2D eigenvalue weighted by Gasteiger charge is -2.14. The van der Waals surface area contributed by atoms with Crippen LogP contribution in [0.5, 0.6) is 5.75 Å². The third kappa shape index (κ3) is 2.78. The van der Waals surface area contributed by atoms with Crippen molar-refractivity contribution in [3.8, 4) is 5.75 Å². The zero-order valence-corrected chi connectivity index (χ0v) is 9.24. The molecule has 1 rings (SSSR count). The molecular formula is C12H14F2O2. The van der Waals surface area contributed by atoms with Crippen molar-refractivity contribution in [1.29, 1.82) is 0 Å². The van der Waals surface area contributed by atoms with Crippen molar-refractivity contribution in [3.63, 3.8) is 0 Å². The molecule has 1 aromatic carbocycles. The number of methoxy groups -OCH3 is 1. The minimum Gasteiger partial charge on any atom is -0.496 e. The second kappa shape index (κ2) is 5.58. The third-order valence-electron chi connectivity index (χ3n) is 2.49. The van der Waals surface area contributed by atoms with E-state index in [4.69, 9.17) is 4.74 Å². The summed E-state index contributed by atoms with van der Waals surface area (Å²) in [5.41, 5.74) is 0.598. The molecule has 1 unspecified atom stereocenters. The minimum absolute atomic E-state index is 0.0476. The van der Waals surface area contributed by atoms with Gasteiger partial charge in [-0.25, -0.2) is 8.78 Å². The molecule has 0 spiro atoms. The second-order valence-electron chi connectivity index (χ2n) is 3.61. The summed E-state index contributed by atoms with van der Waals surface area (Å²) in [4.78, 5) is 10.4. The van der Waals surface area contributed by atoms with Crippen molar-refractivity contribution in [2.75, 3.05) is 7.11 Å². The highest BCUT2D eigenvalue weighted by molar-refractivity contribution is 5.53. The Bertz CT molecular complexity index is 364. The molecule has 1 aromatic rings. The van der Waals surface area contributed by atoms with Gasteiger partial charge in [0.2, 0.25) is 0 Å². The molecule has 0 fully saturated rings. The Morgan fingerprint density at radius 2 is 2.12 bits per heavy atom. The van der Waals surface area contributed by atoms with Crippen LogP contribution in [0, 0.1) is 0 Å². The Balaban J connectivity index is 3.10. The lowest BCUT2D eigenvalue weighted by Crippen LogP contribution is -2.00. The fourth-order valence-electron chi connectivity index (χ4n) is 1.54. The quantitative estimate of drug-likeness (QED) is 0.722. The van der Waals surface area contributed by atoms with Crippen molar-refractivity contribution in [1.82, 2.24) is 0 Å². The van der Waals surface area contributed by atoms with Crippen molar-refractivity contribution in [3.05, 3.63) is 29.3 Å². The average molecular weight is 228 g/mol. The van der Waals surface area contributed by atoms with E-state index in [0.717, 1.165) is 6.29 Å². The summed E-state index contributed by atoms with van der Waals surface area (Å²) in [6.45, 7) is 1.81. The predicted molar refractivity (Wildman–Crippen MR) is 57.0 cm³/mol. The normalized spacial score (nSPS) is 12.6. The summed E-state index contributed by atoms with van der Waals surface area (Å²) in [6.07, 6.45) is -1.43. The van der Waals surface area contributed by atoms with Crippen molar-refractivity contribution < 1.29 is 18.3 Å². The van der Waals surface area contributed by atoms with E-state index >= 15 is 0 Å². The van der Waals surface area contributed by atoms with E-state index in [2.05, 4.69) is 0 Å². The van der Waals surface area contributed by atoms with E-state index in [1.165, 1.54) is 25.3 Å². The van der Waals surface area contributed by atoms with E-state index in [9.17, 15) is 13.6 Å². The molecular weight excluding hydrogens is 214 g/mol. The molecule has 88 valence electrons. The number of hydrogen-bond acceptors (Lipinski definition) is 2. The van der Waals surface area contributed by atoms with Crippen LogP contribution < -0.4 is 4.74 Å². The van der Waals surface area contributed by atoms with Crippen LogP contribution in [0.2, 0.25) is 0 Å². The van der Waals surface area contributed by atoms with Crippen LogP contribution in [-0.4, -0.2) is 13.4 Å². The molecule has 0 amide bonds. The first kappa shape index (κ1) is 12.6. The largest absolute Gasteiger partial charge is 0.496 e.